The zero-order valence-corrected chi connectivity index (χ0v) is 10.0. The lowest BCUT2D eigenvalue weighted by atomic mass is 9.89. The van der Waals surface area contributed by atoms with Gasteiger partial charge in [0.15, 0.2) is 0 Å². The van der Waals surface area contributed by atoms with Crippen LogP contribution in [0.2, 0.25) is 0 Å². The predicted molar refractivity (Wildman–Crippen MR) is 64.7 cm³/mol. The molecular formula is C13H22N2. The second kappa shape index (κ2) is 6.57. The van der Waals surface area contributed by atoms with Crippen LogP contribution in [0, 0.1) is 5.92 Å². The third-order valence-electron chi connectivity index (χ3n) is 2.99. The van der Waals surface area contributed by atoms with Gasteiger partial charge >= 0.3 is 0 Å². The van der Waals surface area contributed by atoms with E-state index in [0.29, 0.717) is 12.0 Å². The quantitative estimate of drug-likeness (QED) is 0.773. The van der Waals surface area contributed by atoms with E-state index in [9.17, 15) is 0 Å². The number of nitrogens with zero attached hydrogens (tertiary/aromatic N) is 1. The zero-order chi connectivity index (χ0) is 11.1. The molecule has 0 aliphatic heterocycles. The minimum atomic E-state index is 0.457. The largest absolute Gasteiger partial charge is 0.310 e. The van der Waals surface area contributed by atoms with Gasteiger partial charge in [-0.2, -0.15) is 0 Å². The maximum Gasteiger partial charge on any atom is 0.0363 e. The molecule has 0 aliphatic carbocycles. The summed E-state index contributed by atoms with van der Waals surface area (Å²) in [6, 6.07) is 4.64. The summed E-state index contributed by atoms with van der Waals surface area (Å²) in [6.45, 7) is 7.69. The molecule has 2 heteroatoms. The highest BCUT2D eigenvalue weighted by Gasteiger charge is 2.18. The van der Waals surface area contributed by atoms with E-state index in [4.69, 9.17) is 0 Å². The molecule has 1 rings (SSSR count). The van der Waals surface area contributed by atoms with Crippen molar-refractivity contribution in [3.8, 4) is 0 Å². The molecular weight excluding hydrogens is 184 g/mol. The first-order valence-corrected chi connectivity index (χ1v) is 5.96. The van der Waals surface area contributed by atoms with Gasteiger partial charge in [-0.25, -0.2) is 0 Å². The summed E-state index contributed by atoms with van der Waals surface area (Å²) in [5.74, 6) is 0.703. The zero-order valence-electron chi connectivity index (χ0n) is 10.0. The van der Waals surface area contributed by atoms with E-state index in [2.05, 4.69) is 37.1 Å². The third-order valence-corrected chi connectivity index (χ3v) is 2.99. The summed E-state index contributed by atoms with van der Waals surface area (Å²) < 4.78 is 0. The van der Waals surface area contributed by atoms with Crippen LogP contribution in [0.1, 0.15) is 45.2 Å². The molecule has 15 heavy (non-hydrogen) atoms. The maximum atomic E-state index is 4.20. The van der Waals surface area contributed by atoms with Crippen LogP contribution >= 0.6 is 0 Å². The number of hydrogen-bond acceptors (Lipinski definition) is 2. The minimum Gasteiger partial charge on any atom is -0.310 e. The monoisotopic (exact) mass is 206 g/mol. The highest BCUT2D eigenvalue weighted by molar-refractivity contribution is 5.14. The summed E-state index contributed by atoms with van der Waals surface area (Å²) >= 11 is 0. The Labute approximate surface area is 93.1 Å². The van der Waals surface area contributed by atoms with Crippen molar-refractivity contribution in [2.24, 2.45) is 5.92 Å². The topological polar surface area (TPSA) is 24.9 Å². The van der Waals surface area contributed by atoms with Gasteiger partial charge in [-0.15, -0.1) is 0 Å². The molecule has 0 bridgehead atoms. The van der Waals surface area contributed by atoms with E-state index in [0.717, 1.165) is 6.54 Å². The first kappa shape index (κ1) is 12.2. The molecule has 0 fully saturated rings. The number of hydrogen-bond donors (Lipinski definition) is 1. The van der Waals surface area contributed by atoms with Crippen molar-refractivity contribution in [3.05, 3.63) is 30.1 Å². The fraction of sp³-hybridized carbons (Fsp3) is 0.615. The Morgan fingerprint density at radius 3 is 2.47 bits per heavy atom. The molecule has 0 amide bonds. The fourth-order valence-corrected chi connectivity index (χ4v) is 2.10. The summed E-state index contributed by atoms with van der Waals surface area (Å²) in [7, 11) is 0. The molecule has 0 saturated carbocycles. The Kier molecular flexibility index (Phi) is 5.33. The summed E-state index contributed by atoms with van der Waals surface area (Å²) in [5, 5.41) is 3.56. The van der Waals surface area contributed by atoms with Crippen molar-refractivity contribution in [1.82, 2.24) is 10.3 Å². The summed E-state index contributed by atoms with van der Waals surface area (Å²) in [5.41, 5.74) is 1.31. The van der Waals surface area contributed by atoms with E-state index in [1.807, 2.05) is 18.5 Å². The van der Waals surface area contributed by atoms with Gasteiger partial charge in [0.05, 0.1) is 0 Å². The van der Waals surface area contributed by atoms with Crippen LogP contribution < -0.4 is 5.32 Å². The van der Waals surface area contributed by atoms with Crippen LogP contribution in [0.25, 0.3) is 0 Å². The normalized spacial score (nSPS) is 13.1. The lowest BCUT2D eigenvalue weighted by Gasteiger charge is -2.26. The Morgan fingerprint density at radius 2 is 2.00 bits per heavy atom. The van der Waals surface area contributed by atoms with Crippen molar-refractivity contribution in [1.29, 1.82) is 0 Å². The van der Waals surface area contributed by atoms with Crippen molar-refractivity contribution >= 4 is 0 Å². The summed E-state index contributed by atoms with van der Waals surface area (Å²) in [6.07, 6.45) is 6.23. The SMILES string of the molecule is CCNC(c1cccnc1)C(CC)CC. The van der Waals surface area contributed by atoms with Crippen LogP contribution in [0.4, 0.5) is 0 Å². The first-order valence-electron chi connectivity index (χ1n) is 5.96. The second-order valence-electron chi connectivity index (χ2n) is 3.90. The molecule has 0 aromatic carbocycles. The molecule has 1 N–H and O–H groups in total. The van der Waals surface area contributed by atoms with Crippen LogP contribution in [0.3, 0.4) is 0 Å². The fourth-order valence-electron chi connectivity index (χ4n) is 2.10. The lowest BCUT2D eigenvalue weighted by Crippen LogP contribution is -2.27. The molecule has 1 unspecified atom stereocenters. The molecule has 0 saturated heterocycles. The Balaban J connectivity index is 2.81. The van der Waals surface area contributed by atoms with Crippen molar-refractivity contribution < 1.29 is 0 Å². The minimum absolute atomic E-state index is 0.457. The van der Waals surface area contributed by atoms with E-state index in [1.165, 1.54) is 18.4 Å². The average Bonchev–Trinajstić information content (AvgIpc) is 2.30. The lowest BCUT2D eigenvalue weighted by molar-refractivity contribution is 0.346. The second-order valence-corrected chi connectivity index (χ2v) is 3.90. The van der Waals surface area contributed by atoms with E-state index in [1.54, 1.807) is 0 Å². The smallest absolute Gasteiger partial charge is 0.0363 e. The van der Waals surface area contributed by atoms with Crippen LogP contribution in [-0.4, -0.2) is 11.5 Å². The molecule has 1 heterocycles. The van der Waals surface area contributed by atoms with Crippen LogP contribution in [0.15, 0.2) is 24.5 Å². The number of nitrogens with one attached hydrogen (secondary N) is 1. The van der Waals surface area contributed by atoms with Gasteiger partial charge in [0, 0.05) is 18.4 Å². The molecule has 1 aromatic rings. The van der Waals surface area contributed by atoms with Gasteiger partial charge in [0.1, 0.15) is 0 Å². The summed E-state index contributed by atoms with van der Waals surface area (Å²) in [4.78, 5) is 4.20. The van der Waals surface area contributed by atoms with Gasteiger partial charge in [0.2, 0.25) is 0 Å². The van der Waals surface area contributed by atoms with Crippen LogP contribution in [0.5, 0.6) is 0 Å². The molecule has 0 radical (unpaired) electrons. The van der Waals surface area contributed by atoms with Crippen molar-refractivity contribution in [3.63, 3.8) is 0 Å². The standard InChI is InChI=1S/C13H22N2/c1-4-11(5-2)13(15-6-3)12-8-7-9-14-10-12/h7-11,13,15H,4-6H2,1-3H3. The molecule has 1 aromatic heterocycles. The Morgan fingerprint density at radius 1 is 1.27 bits per heavy atom. The number of aromatic nitrogens is 1. The molecule has 0 aliphatic rings. The van der Waals surface area contributed by atoms with Crippen molar-refractivity contribution in [2.75, 3.05) is 6.54 Å². The Bertz CT molecular complexity index is 254. The van der Waals surface area contributed by atoms with Gasteiger partial charge < -0.3 is 5.32 Å². The molecule has 0 spiro atoms. The highest BCUT2D eigenvalue weighted by atomic mass is 14.9. The number of rotatable bonds is 6. The maximum absolute atomic E-state index is 4.20. The third kappa shape index (κ3) is 3.31. The van der Waals surface area contributed by atoms with E-state index in [-0.39, 0.29) is 0 Å². The predicted octanol–water partition coefficient (Wildman–Crippen LogP) is 3.17. The highest BCUT2D eigenvalue weighted by Crippen LogP contribution is 2.26. The Hall–Kier alpha value is -0.890. The van der Waals surface area contributed by atoms with Crippen LogP contribution in [-0.2, 0) is 0 Å². The van der Waals surface area contributed by atoms with Gasteiger partial charge in [-0.3, -0.25) is 4.98 Å². The van der Waals surface area contributed by atoms with Gasteiger partial charge in [-0.05, 0) is 24.1 Å². The van der Waals surface area contributed by atoms with Gasteiger partial charge in [-0.1, -0.05) is 39.7 Å². The van der Waals surface area contributed by atoms with Gasteiger partial charge in [0.25, 0.3) is 0 Å². The molecule has 2 nitrogen and oxygen atoms in total. The number of pyridine rings is 1. The average molecular weight is 206 g/mol. The molecule has 1 atom stereocenters. The molecule has 84 valence electrons. The van der Waals surface area contributed by atoms with E-state index < -0.39 is 0 Å². The van der Waals surface area contributed by atoms with Crippen molar-refractivity contribution in [2.45, 2.75) is 39.7 Å². The van der Waals surface area contributed by atoms with E-state index >= 15 is 0 Å². The first-order chi connectivity index (χ1) is 7.33.